The van der Waals surface area contributed by atoms with E-state index < -0.39 is 11.6 Å². The summed E-state index contributed by atoms with van der Waals surface area (Å²) in [5.74, 6) is -0.0904. The van der Waals surface area contributed by atoms with Gasteiger partial charge in [0.1, 0.15) is 17.9 Å². The quantitative estimate of drug-likeness (QED) is 0.886. The summed E-state index contributed by atoms with van der Waals surface area (Å²) in [4.78, 5) is 35.0. The van der Waals surface area contributed by atoms with Crippen LogP contribution in [0.2, 0.25) is 0 Å². The van der Waals surface area contributed by atoms with E-state index in [4.69, 9.17) is 0 Å². The molecular formula is C15H22N4O2. The summed E-state index contributed by atoms with van der Waals surface area (Å²) < 4.78 is 0. The van der Waals surface area contributed by atoms with Gasteiger partial charge in [0.25, 0.3) is 0 Å². The number of hydrogen-bond donors (Lipinski definition) is 1. The topological polar surface area (TPSA) is 75.2 Å². The molecule has 0 bridgehead atoms. The molecule has 1 aromatic rings. The average Bonchev–Trinajstić information content (AvgIpc) is 2.52. The molecule has 0 aliphatic carbocycles. The lowest BCUT2D eigenvalue weighted by Crippen LogP contribution is -2.69. The Labute approximate surface area is 125 Å². The van der Waals surface area contributed by atoms with E-state index in [0.29, 0.717) is 25.8 Å². The van der Waals surface area contributed by atoms with Crippen LogP contribution in [0.1, 0.15) is 45.7 Å². The molecule has 1 aliphatic rings. The molecule has 21 heavy (non-hydrogen) atoms. The Bertz CT molecular complexity index is 514. The first-order valence-electron chi connectivity index (χ1n) is 7.46. The number of hydrogen-bond acceptors (Lipinski definition) is 4. The number of carbonyl (C=O) groups is 2. The fraction of sp³-hybridized carbons (Fsp3) is 0.600. The highest BCUT2D eigenvalue weighted by atomic mass is 16.2. The van der Waals surface area contributed by atoms with Crippen molar-refractivity contribution >= 4 is 11.8 Å². The monoisotopic (exact) mass is 290 g/mol. The Hall–Kier alpha value is -1.98. The number of nitrogens with zero attached hydrogens (tertiary/aromatic N) is 3. The Kier molecular flexibility index (Phi) is 4.55. The summed E-state index contributed by atoms with van der Waals surface area (Å²) >= 11 is 0. The SMILES string of the molecule is CCC1C(=O)NC(CC)(CC)C(=O)N1Cc1ccncn1. The second-order valence-electron chi connectivity index (χ2n) is 5.34. The maximum Gasteiger partial charge on any atom is 0.249 e. The molecule has 2 heterocycles. The number of piperazine rings is 1. The molecule has 1 atom stereocenters. The Morgan fingerprint density at radius 1 is 1.29 bits per heavy atom. The fourth-order valence-corrected chi connectivity index (χ4v) is 2.83. The van der Waals surface area contributed by atoms with Crippen LogP contribution < -0.4 is 5.32 Å². The number of aromatic nitrogens is 2. The molecule has 6 heteroatoms. The van der Waals surface area contributed by atoms with Crippen molar-refractivity contribution < 1.29 is 9.59 Å². The molecule has 0 saturated carbocycles. The van der Waals surface area contributed by atoms with E-state index in [2.05, 4.69) is 15.3 Å². The molecule has 6 nitrogen and oxygen atoms in total. The number of carbonyl (C=O) groups excluding carboxylic acids is 2. The minimum Gasteiger partial charge on any atom is -0.340 e. The molecule has 114 valence electrons. The summed E-state index contributed by atoms with van der Waals surface area (Å²) in [6, 6.07) is 1.34. The molecule has 1 fully saturated rings. The van der Waals surface area contributed by atoms with Crippen molar-refractivity contribution in [3.63, 3.8) is 0 Å². The molecule has 1 N–H and O–H groups in total. The van der Waals surface area contributed by atoms with Crippen LogP contribution >= 0.6 is 0 Å². The first-order chi connectivity index (χ1) is 10.1. The number of rotatable bonds is 5. The van der Waals surface area contributed by atoms with Crippen molar-refractivity contribution in [3.05, 3.63) is 24.3 Å². The van der Waals surface area contributed by atoms with Crippen molar-refractivity contribution in [1.82, 2.24) is 20.2 Å². The third-order valence-corrected chi connectivity index (χ3v) is 4.28. The van der Waals surface area contributed by atoms with Crippen LogP contribution in [0.4, 0.5) is 0 Å². The van der Waals surface area contributed by atoms with E-state index >= 15 is 0 Å². The molecule has 1 unspecified atom stereocenters. The molecule has 0 aromatic carbocycles. The van der Waals surface area contributed by atoms with Gasteiger partial charge in [-0.05, 0) is 25.3 Å². The van der Waals surface area contributed by atoms with Crippen LogP contribution in [0.5, 0.6) is 0 Å². The summed E-state index contributed by atoms with van der Waals surface area (Å²) in [5, 5.41) is 2.93. The molecule has 2 rings (SSSR count). The van der Waals surface area contributed by atoms with Crippen LogP contribution in [0.15, 0.2) is 18.6 Å². The highest BCUT2D eigenvalue weighted by Crippen LogP contribution is 2.27. The van der Waals surface area contributed by atoms with Gasteiger partial charge in [-0.3, -0.25) is 9.59 Å². The van der Waals surface area contributed by atoms with Gasteiger partial charge < -0.3 is 10.2 Å². The van der Waals surface area contributed by atoms with Gasteiger partial charge in [0, 0.05) is 6.20 Å². The zero-order valence-corrected chi connectivity index (χ0v) is 12.8. The van der Waals surface area contributed by atoms with Gasteiger partial charge in [-0.1, -0.05) is 20.8 Å². The van der Waals surface area contributed by atoms with Gasteiger partial charge >= 0.3 is 0 Å². The van der Waals surface area contributed by atoms with E-state index in [1.807, 2.05) is 20.8 Å². The highest BCUT2D eigenvalue weighted by Gasteiger charge is 2.48. The highest BCUT2D eigenvalue weighted by molar-refractivity contribution is 5.99. The van der Waals surface area contributed by atoms with Crippen molar-refractivity contribution in [2.75, 3.05) is 0 Å². The first kappa shape index (κ1) is 15.4. The van der Waals surface area contributed by atoms with Crippen LogP contribution in [-0.4, -0.2) is 38.3 Å². The molecule has 1 aromatic heterocycles. The normalized spacial score (nSPS) is 21.3. The van der Waals surface area contributed by atoms with Crippen LogP contribution in [0.25, 0.3) is 0 Å². The zero-order chi connectivity index (χ0) is 15.5. The van der Waals surface area contributed by atoms with E-state index in [9.17, 15) is 9.59 Å². The van der Waals surface area contributed by atoms with Crippen LogP contribution in [-0.2, 0) is 16.1 Å². The lowest BCUT2D eigenvalue weighted by atomic mass is 9.86. The fourth-order valence-electron chi connectivity index (χ4n) is 2.83. The van der Waals surface area contributed by atoms with Crippen molar-refractivity contribution in [3.8, 4) is 0 Å². The summed E-state index contributed by atoms with van der Waals surface area (Å²) in [6.45, 7) is 6.11. The van der Waals surface area contributed by atoms with Gasteiger partial charge in [-0.2, -0.15) is 0 Å². The standard InChI is InChI=1S/C15H22N4O2/c1-4-12-13(20)18-15(5-2,6-3)14(21)19(12)9-11-7-8-16-10-17-11/h7-8,10,12H,4-6,9H2,1-3H3,(H,18,20). The summed E-state index contributed by atoms with van der Waals surface area (Å²) in [5.41, 5.74) is -0.0388. The van der Waals surface area contributed by atoms with Crippen LogP contribution in [0.3, 0.4) is 0 Å². The lowest BCUT2D eigenvalue weighted by Gasteiger charge is -2.45. The lowest BCUT2D eigenvalue weighted by molar-refractivity contribution is -0.156. The zero-order valence-electron chi connectivity index (χ0n) is 12.8. The molecular weight excluding hydrogens is 268 g/mol. The molecule has 0 radical (unpaired) electrons. The van der Waals surface area contributed by atoms with Crippen molar-refractivity contribution in [2.24, 2.45) is 0 Å². The van der Waals surface area contributed by atoms with Gasteiger partial charge in [0.2, 0.25) is 11.8 Å². The maximum atomic E-state index is 12.9. The largest absolute Gasteiger partial charge is 0.340 e. The average molecular weight is 290 g/mol. The molecule has 1 aliphatic heterocycles. The third kappa shape index (κ3) is 2.75. The molecule has 0 spiro atoms. The van der Waals surface area contributed by atoms with E-state index in [1.165, 1.54) is 6.33 Å². The smallest absolute Gasteiger partial charge is 0.249 e. The Morgan fingerprint density at radius 3 is 2.52 bits per heavy atom. The van der Waals surface area contributed by atoms with Gasteiger partial charge in [-0.15, -0.1) is 0 Å². The van der Waals surface area contributed by atoms with Crippen LogP contribution in [0, 0.1) is 0 Å². The minimum atomic E-state index is -0.782. The molecule has 1 saturated heterocycles. The third-order valence-electron chi connectivity index (χ3n) is 4.28. The van der Waals surface area contributed by atoms with Gasteiger partial charge in [0.05, 0.1) is 12.2 Å². The second kappa shape index (κ2) is 6.20. The first-order valence-corrected chi connectivity index (χ1v) is 7.46. The van der Waals surface area contributed by atoms with Crippen molar-refractivity contribution in [1.29, 1.82) is 0 Å². The predicted molar refractivity (Wildman–Crippen MR) is 78.1 cm³/mol. The molecule has 2 amide bonds. The summed E-state index contributed by atoms with van der Waals surface area (Å²) in [7, 11) is 0. The van der Waals surface area contributed by atoms with E-state index in [1.54, 1.807) is 17.2 Å². The van der Waals surface area contributed by atoms with E-state index in [0.717, 1.165) is 5.69 Å². The van der Waals surface area contributed by atoms with E-state index in [-0.39, 0.29) is 11.8 Å². The Morgan fingerprint density at radius 2 is 2.00 bits per heavy atom. The Balaban J connectivity index is 2.33. The maximum absolute atomic E-state index is 12.9. The summed E-state index contributed by atoms with van der Waals surface area (Å²) in [6.07, 6.45) is 4.87. The minimum absolute atomic E-state index is 0.0161. The second-order valence-corrected chi connectivity index (χ2v) is 5.34. The predicted octanol–water partition coefficient (Wildman–Crippen LogP) is 1.27. The number of nitrogens with one attached hydrogen (secondary N) is 1. The van der Waals surface area contributed by atoms with Gasteiger partial charge in [-0.25, -0.2) is 9.97 Å². The number of amides is 2. The van der Waals surface area contributed by atoms with Crippen molar-refractivity contribution in [2.45, 2.75) is 58.2 Å². The van der Waals surface area contributed by atoms with Gasteiger partial charge in [0.15, 0.2) is 0 Å².